The van der Waals surface area contributed by atoms with Crippen LogP contribution in [0.15, 0.2) is 24.3 Å². The van der Waals surface area contributed by atoms with Crippen molar-refractivity contribution in [2.45, 2.75) is 38.5 Å². The van der Waals surface area contributed by atoms with Crippen molar-refractivity contribution in [1.29, 1.82) is 0 Å². The van der Waals surface area contributed by atoms with Gasteiger partial charge in [-0.3, -0.25) is 4.79 Å². The van der Waals surface area contributed by atoms with Crippen molar-refractivity contribution >= 4 is 15.7 Å². The molecule has 0 spiro atoms. The number of benzene rings is 1. The number of hydrogen-bond acceptors (Lipinski definition) is 3. The maximum atomic E-state index is 11.8. The monoisotopic (exact) mass is 309 g/mol. The second-order valence-corrected chi connectivity index (χ2v) is 8.38. The molecule has 1 aromatic rings. The molecule has 21 heavy (non-hydrogen) atoms. The fourth-order valence-electron chi connectivity index (χ4n) is 2.96. The first-order valence-electron chi connectivity index (χ1n) is 7.42. The van der Waals surface area contributed by atoms with Crippen molar-refractivity contribution < 1.29 is 13.2 Å². The van der Waals surface area contributed by atoms with Gasteiger partial charge in [-0.2, -0.15) is 0 Å². The molecular formula is C16H23NO3S. The number of hydrogen-bond donors (Lipinski definition) is 1. The van der Waals surface area contributed by atoms with Gasteiger partial charge in [0.2, 0.25) is 5.91 Å². The molecule has 0 aliphatic heterocycles. The van der Waals surface area contributed by atoms with E-state index in [1.165, 1.54) is 11.1 Å². The van der Waals surface area contributed by atoms with Crippen LogP contribution in [0.1, 0.15) is 37.8 Å². The minimum Gasteiger partial charge on any atom is -0.354 e. The molecule has 4 nitrogen and oxygen atoms in total. The van der Waals surface area contributed by atoms with Gasteiger partial charge >= 0.3 is 0 Å². The molecule has 0 saturated heterocycles. The summed E-state index contributed by atoms with van der Waals surface area (Å²) in [6.45, 7) is 4.18. The Morgan fingerprint density at radius 2 is 2.05 bits per heavy atom. The molecule has 1 aliphatic rings. The van der Waals surface area contributed by atoms with Crippen LogP contribution < -0.4 is 5.32 Å². The van der Waals surface area contributed by atoms with E-state index in [9.17, 15) is 13.2 Å². The van der Waals surface area contributed by atoms with Gasteiger partial charge in [0.1, 0.15) is 5.75 Å². The molecule has 0 fully saturated rings. The molecule has 0 unspecified atom stereocenters. The first-order valence-corrected chi connectivity index (χ1v) is 9.24. The molecule has 5 heteroatoms. The number of sulfone groups is 1. The highest BCUT2D eigenvalue weighted by Crippen LogP contribution is 2.36. The highest BCUT2D eigenvalue weighted by atomic mass is 32.2. The average Bonchev–Trinajstić information content (AvgIpc) is 2.46. The van der Waals surface area contributed by atoms with Gasteiger partial charge in [-0.25, -0.2) is 8.42 Å². The van der Waals surface area contributed by atoms with Gasteiger partial charge in [0.15, 0.2) is 9.84 Å². The summed E-state index contributed by atoms with van der Waals surface area (Å²) in [5, 5.41) is 2.81. The summed E-state index contributed by atoms with van der Waals surface area (Å²) >= 11 is 0. The number of rotatable bonds is 5. The molecule has 1 aliphatic carbocycles. The maximum absolute atomic E-state index is 11.8. The van der Waals surface area contributed by atoms with Gasteiger partial charge in [-0.1, -0.05) is 38.1 Å². The van der Waals surface area contributed by atoms with Crippen LogP contribution in [0.2, 0.25) is 0 Å². The lowest BCUT2D eigenvalue weighted by Crippen LogP contribution is -2.42. The third kappa shape index (κ3) is 3.84. The first-order chi connectivity index (χ1) is 9.86. The quantitative estimate of drug-likeness (QED) is 0.902. The van der Waals surface area contributed by atoms with E-state index in [0.717, 1.165) is 19.3 Å². The second-order valence-electron chi connectivity index (χ2n) is 6.02. The Morgan fingerprint density at radius 1 is 1.33 bits per heavy atom. The number of fused-ring (bicyclic) bond motifs is 1. The van der Waals surface area contributed by atoms with Crippen molar-refractivity contribution in [3.63, 3.8) is 0 Å². The smallest absolute Gasteiger partial charge is 0.235 e. The summed E-state index contributed by atoms with van der Waals surface area (Å²) in [6, 6.07) is 8.31. The highest BCUT2D eigenvalue weighted by Gasteiger charge is 2.32. The number of carbonyl (C=O) groups is 1. The SMILES string of the molecule is CCS(=O)(=O)CC(=O)NC[C@@]1(C)CCCc2ccccc21. The molecule has 0 aromatic heterocycles. The molecule has 1 aromatic carbocycles. The minimum absolute atomic E-state index is 0.000517. The van der Waals surface area contributed by atoms with E-state index < -0.39 is 21.5 Å². The third-order valence-electron chi connectivity index (χ3n) is 4.31. The Kier molecular flexibility index (Phi) is 4.71. The Bertz CT molecular complexity index is 624. The van der Waals surface area contributed by atoms with Crippen LogP contribution in [0.3, 0.4) is 0 Å². The number of carbonyl (C=O) groups excluding carboxylic acids is 1. The molecule has 0 bridgehead atoms. The van der Waals surface area contributed by atoms with Crippen LogP contribution in [0.4, 0.5) is 0 Å². The standard InChI is InChI=1S/C16H23NO3S/c1-3-21(19,20)11-15(18)17-12-16(2)10-6-8-13-7-4-5-9-14(13)16/h4-5,7,9H,3,6,8,10-12H2,1-2H3,(H,17,18)/t16-/m1/s1. The van der Waals surface area contributed by atoms with E-state index >= 15 is 0 Å². The summed E-state index contributed by atoms with van der Waals surface area (Å²) in [7, 11) is -3.26. The van der Waals surface area contributed by atoms with Gasteiger partial charge < -0.3 is 5.32 Å². The predicted octanol–water partition coefficient (Wildman–Crippen LogP) is 1.83. The molecule has 2 rings (SSSR count). The summed E-state index contributed by atoms with van der Waals surface area (Å²) < 4.78 is 23.0. The van der Waals surface area contributed by atoms with E-state index in [-0.39, 0.29) is 11.2 Å². The average molecular weight is 309 g/mol. The second kappa shape index (κ2) is 6.18. The van der Waals surface area contributed by atoms with E-state index in [1.807, 2.05) is 12.1 Å². The largest absolute Gasteiger partial charge is 0.354 e. The number of nitrogens with one attached hydrogen (secondary N) is 1. The third-order valence-corrected chi connectivity index (χ3v) is 5.89. The van der Waals surface area contributed by atoms with Crippen LogP contribution in [0.5, 0.6) is 0 Å². The van der Waals surface area contributed by atoms with E-state index in [2.05, 4.69) is 24.4 Å². The lowest BCUT2D eigenvalue weighted by atomic mass is 9.71. The fraction of sp³-hybridized carbons (Fsp3) is 0.562. The molecule has 116 valence electrons. The minimum atomic E-state index is -3.26. The maximum Gasteiger partial charge on any atom is 0.235 e. The Balaban J connectivity index is 2.05. The summed E-state index contributed by atoms with van der Waals surface area (Å²) in [5.74, 6) is -0.817. The number of aryl methyl sites for hydroxylation is 1. The summed E-state index contributed by atoms with van der Waals surface area (Å²) in [4.78, 5) is 11.8. The van der Waals surface area contributed by atoms with Gasteiger partial charge in [-0.15, -0.1) is 0 Å². The lowest BCUT2D eigenvalue weighted by molar-refractivity contribution is -0.118. The summed E-state index contributed by atoms with van der Waals surface area (Å²) in [5.41, 5.74) is 2.50. The molecule has 1 amide bonds. The molecule has 1 atom stereocenters. The molecular weight excluding hydrogens is 286 g/mol. The van der Waals surface area contributed by atoms with E-state index in [0.29, 0.717) is 6.54 Å². The van der Waals surface area contributed by atoms with Gasteiger partial charge in [0.05, 0.1) is 0 Å². The highest BCUT2D eigenvalue weighted by molar-refractivity contribution is 7.92. The molecule has 0 heterocycles. The predicted molar refractivity (Wildman–Crippen MR) is 84.1 cm³/mol. The first kappa shape index (κ1) is 16.0. The van der Waals surface area contributed by atoms with E-state index in [4.69, 9.17) is 0 Å². The Hall–Kier alpha value is -1.36. The van der Waals surface area contributed by atoms with Crippen molar-refractivity contribution in [1.82, 2.24) is 5.32 Å². The van der Waals surface area contributed by atoms with Gasteiger partial charge in [0.25, 0.3) is 0 Å². The van der Waals surface area contributed by atoms with Crippen molar-refractivity contribution in [2.75, 3.05) is 18.1 Å². The van der Waals surface area contributed by atoms with Crippen LogP contribution in [-0.4, -0.2) is 32.4 Å². The zero-order valence-corrected chi connectivity index (χ0v) is 13.5. The zero-order chi connectivity index (χ0) is 15.5. The molecule has 1 N–H and O–H groups in total. The lowest BCUT2D eigenvalue weighted by Gasteiger charge is -2.36. The fourth-order valence-corrected chi connectivity index (χ4v) is 3.67. The van der Waals surface area contributed by atoms with E-state index in [1.54, 1.807) is 6.92 Å². The molecule has 0 saturated carbocycles. The van der Waals surface area contributed by atoms with Gasteiger partial charge in [-0.05, 0) is 30.4 Å². The Morgan fingerprint density at radius 3 is 2.76 bits per heavy atom. The van der Waals surface area contributed by atoms with Crippen molar-refractivity contribution in [2.24, 2.45) is 0 Å². The van der Waals surface area contributed by atoms with Crippen molar-refractivity contribution in [3.05, 3.63) is 35.4 Å². The van der Waals surface area contributed by atoms with Crippen molar-refractivity contribution in [3.8, 4) is 0 Å². The molecule has 0 radical (unpaired) electrons. The topological polar surface area (TPSA) is 63.2 Å². The summed E-state index contributed by atoms with van der Waals surface area (Å²) in [6.07, 6.45) is 3.17. The normalized spacial score (nSPS) is 21.6. The van der Waals surface area contributed by atoms with Crippen LogP contribution >= 0.6 is 0 Å². The number of amides is 1. The van der Waals surface area contributed by atoms with Crippen LogP contribution in [-0.2, 0) is 26.5 Å². The van der Waals surface area contributed by atoms with Crippen LogP contribution in [0, 0.1) is 0 Å². The zero-order valence-electron chi connectivity index (χ0n) is 12.7. The van der Waals surface area contributed by atoms with Crippen LogP contribution in [0.25, 0.3) is 0 Å². The van der Waals surface area contributed by atoms with Gasteiger partial charge in [0, 0.05) is 17.7 Å². The Labute approximate surface area is 126 Å².